The summed E-state index contributed by atoms with van der Waals surface area (Å²) in [6.07, 6.45) is 1.66. The third-order valence-electron chi connectivity index (χ3n) is 3.31. The highest BCUT2D eigenvalue weighted by atomic mass is 16.5. The Morgan fingerprint density at radius 2 is 1.88 bits per heavy atom. The predicted octanol–water partition coefficient (Wildman–Crippen LogP) is 2.66. The Kier molecular flexibility index (Phi) is 6.59. The molecule has 130 valence electrons. The molecule has 0 aliphatic carbocycles. The van der Waals surface area contributed by atoms with Crippen molar-refractivity contribution in [2.45, 2.75) is 0 Å². The van der Waals surface area contributed by atoms with Crippen molar-refractivity contribution in [3.05, 3.63) is 66.7 Å². The normalized spacial score (nSPS) is 9.80. The maximum absolute atomic E-state index is 12.0. The van der Waals surface area contributed by atoms with Gasteiger partial charge < -0.3 is 20.7 Å². The van der Waals surface area contributed by atoms with Crippen LogP contribution in [0.25, 0.3) is 0 Å². The van der Waals surface area contributed by atoms with E-state index in [1.54, 1.807) is 55.6 Å². The van der Waals surface area contributed by atoms with Crippen molar-refractivity contribution in [1.82, 2.24) is 5.32 Å². The van der Waals surface area contributed by atoms with Gasteiger partial charge in [-0.25, -0.2) is 0 Å². The summed E-state index contributed by atoms with van der Waals surface area (Å²) >= 11 is 0. The van der Waals surface area contributed by atoms with Gasteiger partial charge in [0.1, 0.15) is 12.4 Å². The SMILES string of the molecule is C=CCOc1cccc(NC(=O)CNc2ccc(C(=O)NC)cc2)c1. The van der Waals surface area contributed by atoms with E-state index in [4.69, 9.17) is 4.74 Å². The first-order valence-electron chi connectivity index (χ1n) is 7.82. The molecule has 0 radical (unpaired) electrons. The predicted molar refractivity (Wildman–Crippen MR) is 99.1 cm³/mol. The van der Waals surface area contributed by atoms with E-state index >= 15 is 0 Å². The van der Waals surface area contributed by atoms with Crippen molar-refractivity contribution in [2.24, 2.45) is 0 Å². The number of ether oxygens (including phenoxy) is 1. The van der Waals surface area contributed by atoms with Crippen LogP contribution in [0.4, 0.5) is 11.4 Å². The summed E-state index contributed by atoms with van der Waals surface area (Å²) in [5.41, 5.74) is 1.98. The maximum atomic E-state index is 12.0. The van der Waals surface area contributed by atoms with Gasteiger partial charge in [0.05, 0.1) is 6.54 Å². The lowest BCUT2D eigenvalue weighted by atomic mass is 10.2. The molecule has 2 amide bonds. The Morgan fingerprint density at radius 1 is 1.12 bits per heavy atom. The van der Waals surface area contributed by atoms with Crippen LogP contribution < -0.4 is 20.7 Å². The van der Waals surface area contributed by atoms with Gasteiger partial charge in [-0.15, -0.1) is 0 Å². The third-order valence-corrected chi connectivity index (χ3v) is 3.31. The molecule has 0 aliphatic rings. The van der Waals surface area contributed by atoms with Gasteiger partial charge in [0, 0.05) is 30.1 Å². The summed E-state index contributed by atoms with van der Waals surface area (Å²) in [5, 5.41) is 8.36. The lowest BCUT2D eigenvalue weighted by Gasteiger charge is -2.10. The van der Waals surface area contributed by atoms with E-state index in [0.29, 0.717) is 23.6 Å². The quantitative estimate of drug-likeness (QED) is 0.646. The van der Waals surface area contributed by atoms with Crippen molar-refractivity contribution in [1.29, 1.82) is 0 Å². The molecule has 2 aromatic carbocycles. The topological polar surface area (TPSA) is 79.5 Å². The number of anilines is 2. The molecular formula is C19H21N3O3. The second-order valence-corrected chi connectivity index (χ2v) is 5.19. The molecule has 6 nitrogen and oxygen atoms in total. The van der Waals surface area contributed by atoms with Crippen LogP contribution in [0.3, 0.4) is 0 Å². The van der Waals surface area contributed by atoms with Crippen molar-refractivity contribution < 1.29 is 14.3 Å². The smallest absolute Gasteiger partial charge is 0.251 e. The largest absolute Gasteiger partial charge is 0.489 e. The summed E-state index contributed by atoms with van der Waals surface area (Å²) < 4.78 is 5.43. The summed E-state index contributed by atoms with van der Waals surface area (Å²) in [5.74, 6) is 0.328. The van der Waals surface area contributed by atoms with Crippen LogP contribution in [-0.4, -0.2) is 32.0 Å². The van der Waals surface area contributed by atoms with Gasteiger partial charge in [0.15, 0.2) is 0 Å². The number of carbonyl (C=O) groups excluding carboxylic acids is 2. The number of amides is 2. The van der Waals surface area contributed by atoms with Crippen LogP contribution in [0.1, 0.15) is 10.4 Å². The van der Waals surface area contributed by atoms with Crippen LogP contribution >= 0.6 is 0 Å². The minimum absolute atomic E-state index is 0.108. The summed E-state index contributed by atoms with van der Waals surface area (Å²) in [6.45, 7) is 4.11. The molecule has 0 atom stereocenters. The molecule has 0 aromatic heterocycles. The average molecular weight is 339 g/mol. The molecular weight excluding hydrogens is 318 g/mol. The van der Waals surface area contributed by atoms with Gasteiger partial charge in [-0.05, 0) is 36.4 Å². The van der Waals surface area contributed by atoms with Crippen LogP contribution in [0, 0.1) is 0 Å². The van der Waals surface area contributed by atoms with E-state index in [1.807, 2.05) is 6.07 Å². The first-order valence-corrected chi connectivity index (χ1v) is 7.82. The van der Waals surface area contributed by atoms with Crippen molar-refractivity contribution in [3.8, 4) is 5.75 Å². The lowest BCUT2D eigenvalue weighted by molar-refractivity contribution is -0.114. The summed E-state index contributed by atoms with van der Waals surface area (Å²) in [7, 11) is 1.58. The summed E-state index contributed by atoms with van der Waals surface area (Å²) in [6, 6.07) is 14.0. The minimum atomic E-state index is -0.184. The van der Waals surface area contributed by atoms with E-state index in [0.717, 1.165) is 5.69 Å². The Labute approximate surface area is 146 Å². The van der Waals surface area contributed by atoms with Gasteiger partial charge in [-0.1, -0.05) is 18.7 Å². The number of hydrogen-bond donors (Lipinski definition) is 3. The molecule has 2 aromatic rings. The Balaban J connectivity index is 1.86. The highest BCUT2D eigenvalue weighted by Crippen LogP contribution is 2.17. The highest BCUT2D eigenvalue weighted by molar-refractivity contribution is 5.95. The lowest BCUT2D eigenvalue weighted by Crippen LogP contribution is -2.22. The van der Waals surface area contributed by atoms with Gasteiger partial charge in [0.25, 0.3) is 5.91 Å². The fraction of sp³-hybridized carbons (Fsp3) is 0.158. The highest BCUT2D eigenvalue weighted by Gasteiger charge is 2.05. The first kappa shape index (κ1) is 18.1. The molecule has 0 bridgehead atoms. The molecule has 3 N–H and O–H groups in total. The van der Waals surface area contributed by atoms with E-state index in [2.05, 4.69) is 22.5 Å². The molecule has 0 fully saturated rings. The second kappa shape index (κ2) is 9.12. The number of hydrogen-bond acceptors (Lipinski definition) is 4. The van der Waals surface area contributed by atoms with Crippen LogP contribution in [0.5, 0.6) is 5.75 Å². The zero-order valence-electron chi connectivity index (χ0n) is 14.0. The number of rotatable bonds is 8. The number of nitrogens with one attached hydrogen (secondary N) is 3. The Bertz CT molecular complexity index is 742. The number of carbonyl (C=O) groups is 2. The molecule has 0 saturated heterocycles. The standard InChI is InChI=1S/C19H21N3O3/c1-3-11-25-17-6-4-5-16(12-17)22-18(23)13-21-15-9-7-14(8-10-15)19(24)20-2/h3-10,12,21H,1,11,13H2,2H3,(H,20,24)(H,22,23). The minimum Gasteiger partial charge on any atom is -0.489 e. The molecule has 6 heteroatoms. The molecule has 0 heterocycles. The van der Waals surface area contributed by atoms with Gasteiger partial charge >= 0.3 is 0 Å². The van der Waals surface area contributed by atoms with Gasteiger partial charge in [-0.2, -0.15) is 0 Å². The zero-order chi connectivity index (χ0) is 18.1. The van der Waals surface area contributed by atoms with Crippen LogP contribution in [0.2, 0.25) is 0 Å². The molecule has 0 aliphatic heterocycles. The molecule has 25 heavy (non-hydrogen) atoms. The zero-order valence-corrected chi connectivity index (χ0v) is 14.0. The monoisotopic (exact) mass is 339 g/mol. The third kappa shape index (κ3) is 5.69. The van der Waals surface area contributed by atoms with Crippen molar-refractivity contribution in [2.75, 3.05) is 30.8 Å². The molecule has 0 spiro atoms. The Morgan fingerprint density at radius 3 is 2.56 bits per heavy atom. The number of benzene rings is 2. The van der Waals surface area contributed by atoms with E-state index < -0.39 is 0 Å². The fourth-order valence-electron chi connectivity index (χ4n) is 2.09. The fourth-order valence-corrected chi connectivity index (χ4v) is 2.09. The van der Waals surface area contributed by atoms with Crippen LogP contribution in [0.15, 0.2) is 61.2 Å². The van der Waals surface area contributed by atoms with E-state index in [1.165, 1.54) is 0 Å². The maximum Gasteiger partial charge on any atom is 0.251 e. The van der Waals surface area contributed by atoms with E-state index in [9.17, 15) is 9.59 Å². The molecule has 2 rings (SSSR count). The van der Waals surface area contributed by atoms with Gasteiger partial charge in [-0.3, -0.25) is 9.59 Å². The van der Waals surface area contributed by atoms with Crippen LogP contribution in [-0.2, 0) is 4.79 Å². The van der Waals surface area contributed by atoms with Crippen molar-refractivity contribution in [3.63, 3.8) is 0 Å². The Hall–Kier alpha value is -3.28. The van der Waals surface area contributed by atoms with Crippen molar-refractivity contribution >= 4 is 23.2 Å². The molecule has 0 saturated carbocycles. The second-order valence-electron chi connectivity index (χ2n) is 5.19. The first-order chi connectivity index (χ1) is 12.1. The average Bonchev–Trinajstić information content (AvgIpc) is 2.65. The van der Waals surface area contributed by atoms with Gasteiger partial charge in [0.2, 0.25) is 5.91 Å². The molecule has 0 unspecified atom stereocenters. The summed E-state index contributed by atoms with van der Waals surface area (Å²) in [4.78, 5) is 23.5. The van der Waals surface area contributed by atoms with E-state index in [-0.39, 0.29) is 18.4 Å².